The lowest BCUT2D eigenvalue weighted by Gasteiger charge is -2.37. The van der Waals surface area contributed by atoms with Crippen molar-refractivity contribution in [3.05, 3.63) is 69.5 Å². The van der Waals surface area contributed by atoms with Crippen LogP contribution in [0.5, 0.6) is 5.75 Å². The smallest absolute Gasteiger partial charge is 0.267 e. The lowest BCUT2D eigenvalue weighted by atomic mass is 10.2. The number of methoxy groups -OCH3 is 2. The summed E-state index contributed by atoms with van der Waals surface area (Å²) in [5.41, 5.74) is 1.86. The van der Waals surface area contributed by atoms with Gasteiger partial charge in [0, 0.05) is 58.3 Å². The summed E-state index contributed by atoms with van der Waals surface area (Å²) in [4.78, 5) is 38.1. The molecule has 2 fully saturated rings. The normalized spacial score (nSPS) is 17.2. The summed E-state index contributed by atoms with van der Waals surface area (Å²) in [6, 6.07) is 13.5. The zero-order valence-electron chi connectivity index (χ0n) is 21.3. The molecule has 5 rings (SSSR count). The highest BCUT2D eigenvalue weighted by atomic mass is 32.2. The first kappa shape index (κ1) is 26.2. The van der Waals surface area contributed by atoms with Crippen molar-refractivity contribution < 1.29 is 14.3 Å². The van der Waals surface area contributed by atoms with Crippen molar-refractivity contribution in [2.45, 2.75) is 6.42 Å². The minimum atomic E-state index is -0.215. The molecule has 11 heteroatoms. The van der Waals surface area contributed by atoms with Gasteiger partial charge in [0.2, 0.25) is 0 Å². The zero-order chi connectivity index (χ0) is 26.6. The average Bonchev–Trinajstić information content (AvgIpc) is 3.22. The molecule has 2 aliphatic rings. The highest BCUT2D eigenvalue weighted by Crippen LogP contribution is 2.34. The highest BCUT2D eigenvalue weighted by molar-refractivity contribution is 8.26. The number of rotatable bonds is 8. The summed E-state index contributed by atoms with van der Waals surface area (Å²) in [7, 11) is 3.28. The van der Waals surface area contributed by atoms with Gasteiger partial charge in [-0.2, -0.15) is 0 Å². The summed E-state index contributed by atoms with van der Waals surface area (Å²) < 4.78 is 12.4. The van der Waals surface area contributed by atoms with Crippen molar-refractivity contribution in [3.8, 4) is 5.75 Å². The van der Waals surface area contributed by atoms with Crippen molar-refractivity contribution in [1.82, 2.24) is 14.3 Å². The number of fused-ring (bicyclic) bond motifs is 1. The number of thioether (sulfide) groups is 1. The molecule has 0 spiro atoms. The summed E-state index contributed by atoms with van der Waals surface area (Å²) in [6.45, 7) is 3.91. The molecule has 2 aliphatic heterocycles. The Hall–Kier alpha value is -3.41. The van der Waals surface area contributed by atoms with E-state index in [9.17, 15) is 9.59 Å². The maximum Gasteiger partial charge on any atom is 0.267 e. The summed E-state index contributed by atoms with van der Waals surface area (Å²) in [6.07, 6.45) is 4.04. The highest BCUT2D eigenvalue weighted by Gasteiger charge is 2.33. The van der Waals surface area contributed by atoms with Crippen LogP contribution >= 0.6 is 24.0 Å². The fourth-order valence-electron chi connectivity index (χ4n) is 4.62. The number of pyridine rings is 1. The molecule has 2 aromatic heterocycles. The van der Waals surface area contributed by atoms with Crippen molar-refractivity contribution in [2.75, 3.05) is 63.4 Å². The maximum atomic E-state index is 13.7. The molecule has 9 nitrogen and oxygen atoms in total. The molecule has 198 valence electrons. The quantitative estimate of drug-likeness (QED) is 0.238. The monoisotopic (exact) mass is 551 g/mol. The zero-order valence-corrected chi connectivity index (χ0v) is 23.0. The van der Waals surface area contributed by atoms with Crippen molar-refractivity contribution in [2.24, 2.45) is 0 Å². The number of hydrogen-bond donors (Lipinski definition) is 0. The molecule has 0 N–H and O–H groups in total. The van der Waals surface area contributed by atoms with Crippen LogP contribution in [-0.4, -0.2) is 78.1 Å². The lowest BCUT2D eigenvalue weighted by Crippen LogP contribution is -2.47. The molecule has 0 unspecified atom stereocenters. The molecule has 2 saturated heterocycles. The Bertz CT molecular complexity index is 1430. The average molecular weight is 552 g/mol. The third-order valence-electron chi connectivity index (χ3n) is 6.64. The number of carbonyl (C=O) groups is 1. The molecule has 38 heavy (non-hydrogen) atoms. The molecule has 0 radical (unpaired) electrons. The van der Waals surface area contributed by atoms with Crippen LogP contribution < -0.4 is 20.1 Å². The minimum absolute atomic E-state index is 0.191. The van der Waals surface area contributed by atoms with E-state index in [4.69, 9.17) is 26.7 Å². The minimum Gasteiger partial charge on any atom is -0.497 e. The van der Waals surface area contributed by atoms with E-state index in [1.807, 2.05) is 24.3 Å². The van der Waals surface area contributed by atoms with Gasteiger partial charge in [-0.1, -0.05) is 30.0 Å². The molecule has 0 bridgehead atoms. The second-order valence-electron chi connectivity index (χ2n) is 8.93. The largest absolute Gasteiger partial charge is 0.497 e. The maximum absolute atomic E-state index is 13.7. The van der Waals surface area contributed by atoms with E-state index >= 15 is 0 Å². The van der Waals surface area contributed by atoms with Gasteiger partial charge in [0.1, 0.15) is 21.5 Å². The summed E-state index contributed by atoms with van der Waals surface area (Å²) >= 11 is 6.69. The van der Waals surface area contributed by atoms with Gasteiger partial charge in [-0.05, 0) is 48.9 Å². The van der Waals surface area contributed by atoms with Gasteiger partial charge in [-0.25, -0.2) is 4.98 Å². The van der Waals surface area contributed by atoms with Gasteiger partial charge in [-0.3, -0.25) is 18.9 Å². The van der Waals surface area contributed by atoms with E-state index in [0.29, 0.717) is 58.9 Å². The van der Waals surface area contributed by atoms with Gasteiger partial charge in [0.15, 0.2) is 0 Å². The number of benzene rings is 1. The van der Waals surface area contributed by atoms with Gasteiger partial charge < -0.3 is 19.3 Å². The second-order valence-corrected chi connectivity index (χ2v) is 10.6. The van der Waals surface area contributed by atoms with E-state index in [2.05, 4.69) is 21.9 Å². The molecular weight excluding hydrogens is 522 g/mol. The third kappa shape index (κ3) is 5.27. The van der Waals surface area contributed by atoms with Crippen LogP contribution in [0.3, 0.4) is 0 Å². The van der Waals surface area contributed by atoms with E-state index in [1.54, 1.807) is 37.5 Å². The van der Waals surface area contributed by atoms with E-state index in [0.717, 1.165) is 24.5 Å². The Balaban J connectivity index is 1.45. The SMILES string of the molecule is COCCCN1C(=O)C(=Cc2c(N3CCN(c4ccc(OC)cc4)CC3)nc3ccccn3c2=O)SC1=S. The standard InChI is InChI=1S/C27H29N5O4S2/c1-35-17-5-12-32-26(34)22(38-27(32)37)18-21-24(28-23-6-3-4-11-31(23)25(21)33)30-15-13-29(14-16-30)19-7-9-20(36-2)10-8-19/h3-4,6-11,18H,5,12-17H2,1-2H3. The second kappa shape index (κ2) is 11.5. The van der Waals surface area contributed by atoms with Crippen LogP contribution in [0, 0.1) is 0 Å². The topological polar surface area (TPSA) is 79.6 Å². The van der Waals surface area contributed by atoms with Gasteiger partial charge in [0.05, 0.1) is 17.6 Å². The Morgan fingerprint density at radius 1 is 1.03 bits per heavy atom. The van der Waals surface area contributed by atoms with Gasteiger partial charge in [-0.15, -0.1) is 0 Å². The predicted octanol–water partition coefficient (Wildman–Crippen LogP) is 3.27. The predicted molar refractivity (Wildman–Crippen MR) is 155 cm³/mol. The number of thiocarbonyl (C=S) groups is 1. The Labute approximate surface area is 230 Å². The fourth-order valence-corrected chi connectivity index (χ4v) is 5.91. The number of anilines is 2. The molecule has 0 atom stereocenters. The molecule has 1 aromatic carbocycles. The van der Waals surface area contributed by atoms with E-state index < -0.39 is 0 Å². The van der Waals surface area contributed by atoms with Gasteiger partial charge >= 0.3 is 0 Å². The molecule has 1 amide bonds. The van der Waals surface area contributed by atoms with Crippen LogP contribution in [-0.2, 0) is 9.53 Å². The van der Waals surface area contributed by atoms with Crippen LogP contribution in [0.15, 0.2) is 58.4 Å². The first-order valence-corrected chi connectivity index (χ1v) is 13.6. The van der Waals surface area contributed by atoms with Crippen LogP contribution in [0.2, 0.25) is 0 Å². The van der Waals surface area contributed by atoms with Crippen LogP contribution in [0.4, 0.5) is 11.5 Å². The van der Waals surface area contributed by atoms with Crippen molar-refractivity contribution in [1.29, 1.82) is 0 Å². The lowest BCUT2D eigenvalue weighted by molar-refractivity contribution is -0.122. The number of amides is 1. The number of aromatic nitrogens is 2. The molecule has 0 saturated carbocycles. The number of ether oxygens (including phenoxy) is 2. The molecule has 3 aromatic rings. The van der Waals surface area contributed by atoms with Crippen LogP contribution in [0.1, 0.15) is 12.0 Å². The fraction of sp³-hybridized carbons (Fsp3) is 0.333. The number of carbonyl (C=O) groups excluding carboxylic acids is 1. The van der Waals surface area contributed by atoms with Gasteiger partial charge in [0.25, 0.3) is 11.5 Å². The first-order valence-electron chi connectivity index (χ1n) is 12.4. The molecular formula is C27H29N5O4S2. The summed E-state index contributed by atoms with van der Waals surface area (Å²) in [5.74, 6) is 1.21. The summed E-state index contributed by atoms with van der Waals surface area (Å²) in [5, 5.41) is 0. The number of nitrogens with zero attached hydrogens (tertiary/aromatic N) is 5. The van der Waals surface area contributed by atoms with Crippen molar-refractivity contribution >= 4 is 57.4 Å². The van der Waals surface area contributed by atoms with Crippen molar-refractivity contribution in [3.63, 3.8) is 0 Å². The molecule has 4 heterocycles. The first-order chi connectivity index (χ1) is 18.5. The Kier molecular flexibility index (Phi) is 7.96. The molecule has 0 aliphatic carbocycles. The Morgan fingerprint density at radius 2 is 1.76 bits per heavy atom. The van der Waals surface area contributed by atoms with Crippen LogP contribution in [0.25, 0.3) is 11.7 Å². The number of hydrogen-bond acceptors (Lipinski definition) is 9. The Morgan fingerprint density at radius 3 is 2.47 bits per heavy atom. The third-order valence-corrected chi connectivity index (χ3v) is 8.02. The van der Waals surface area contributed by atoms with E-state index in [1.165, 1.54) is 16.2 Å². The van der Waals surface area contributed by atoms with E-state index in [-0.39, 0.29) is 11.5 Å². The number of piperazine rings is 1.